The smallest absolute Gasteiger partial charge is 0.236 e. The summed E-state index contributed by atoms with van der Waals surface area (Å²) in [5.41, 5.74) is 0.824. The van der Waals surface area contributed by atoms with Gasteiger partial charge in [-0.25, -0.2) is 4.99 Å². The van der Waals surface area contributed by atoms with Gasteiger partial charge in [0.05, 0.1) is 13.1 Å². The van der Waals surface area contributed by atoms with Crippen molar-refractivity contribution in [2.45, 2.75) is 26.3 Å². The van der Waals surface area contributed by atoms with Gasteiger partial charge in [0.2, 0.25) is 5.91 Å². The molecule has 0 aliphatic carbocycles. The van der Waals surface area contributed by atoms with Crippen LogP contribution in [-0.4, -0.2) is 84.1 Å². The quantitative estimate of drug-likeness (QED) is 0.388. The van der Waals surface area contributed by atoms with E-state index in [2.05, 4.69) is 32.2 Å². The zero-order chi connectivity index (χ0) is 17.5. The van der Waals surface area contributed by atoms with Crippen LogP contribution in [0.2, 0.25) is 0 Å². The number of halogens is 1. The van der Waals surface area contributed by atoms with Gasteiger partial charge in [-0.1, -0.05) is 5.16 Å². The van der Waals surface area contributed by atoms with Gasteiger partial charge in [-0.05, 0) is 19.8 Å². The number of aliphatic imine (C=N–C) groups is 1. The summed E-state index contributed by atoms with van der Waals surface area (Å²) in [5.74, 6) is 1.17. The molecule has 0 bridgehead atoms. The van der Waals surface area contributed by atoms with E-state index in [1.165, 1.54) is 0 Å². The van der Waals surface area contributed by atoms with Crippen LogP contribution in [0, 0.1) is 0 Å². The summed E-state index contributed by atoms with van der Waals surface area (Å²) < 4.78 is 4.85. The van der Waals surface area contributed by atoms with E-state index >= 15 is 0 Å². The van der Waals surface area contributed by atoms with Crippen molar-refractivity contribution in [3.8, 4) is 0 Å². The van der Waals surface area contributed by atoms with Crippen molar-refractivity contribution < 1.29 is 9.32 Å². The minimum Gasteiger partial charge on any atom is -0.364 e. The van der Waals surface area contributed by atoms with Gasteiger partial charge in [0.1, 0.15) is 12.0 Å². The first-order valence-electron chi connectivity index (χ1n) is 9.19. The van der Waals surface area contributed by atoms with Gasteiger partial charge >= 0.3 is 0 Å². The molecular formula is C17H29IN6O2. The summed E-state index contributed by atoms with van der Waals surface area (Å²) >= 11 is 0. The number of rotatable bonds is 5. The van der Waals surface area contributed by atoms with E-state index < -0.39 is 0 Å². The SMILES string of the molecule is CCNC(=NCc1ccon1)N1CCN(CC(=O)N2CCCC2)CC1.I. The molecule has 3 rings (SSSR count). The number of hydrogen-bond acceptors (Lipinski definition) is 5. The topological polar surface area (TPSA) is 77.2 Å². The highest BCUT2D eigenvalue weighted by molar-refractivity contribution is 14.0. The van der Waals surface area contributed by atoms with Crippen molar-refractivity contribution in [3.05, 3.63) is 18.0 Å². The van der Waals surface area contributed by atoms with Crippen LogP contribution in [0.5, 0.6) is 0 Å². The van der Waals surface area contributed by atoms with E-state index in [1.807, 2.05) is 11.0 Å². The number of aromatic nitrogens is 1. The minimum atomic E-state index is 0. The second-order valence-corrected chi connectivity index (χ2v) is 6.51. The van der Waals surface area contributed by atoms with Gasteiger partial charge in [-0.2, -0.15) is 0 Å². The van der Waals surface area contributed by atoms with Gasteiger partial charge in [-0.3, -0.25) is 9.69 Å². The molecule has 2 aliphatic heterocycles. The standard InChI is InChI=1S/C17H28N6O2.HI/c1-2-18-17(19-13-15-5-12-25-20-15)23-10-8-21(9-11-23)14-16(24)22-6-3-4-7-22;/h5,12H,2-4,6-11,13-14H2,1H3,(H,18,19);1H. The highest BCUT2D eigenvalue weighted by atomic mass is 127. The summed E-state index contributed by atoms with van der Waals surface area (Å²) in [6, 6.07) is 1.83. The summed E-state index contributed by atoms with van der Waals surface area (Å²) in [6.45, 7) is 9.31. The second kappa shape index (κ2) is 10.7. The molecule has 8 nitrogen and oxygen atoms in total. The maximum Gasteiger partial charge on any atom is 0.236 e. The van der Waals surface area contributed by atoms with Crippen molar-refractivity contribution in [1.29, 1.82) is 0 Å². The molecule has 3 heterocycles. The molecule has 9 heteroatoms. The molecular weight excluding hydrogens is 447 g/mol. The van der Waals surface area contributed by atoms with Crippen LogP contribution in [0.3, 0.4) is 0 Å². The highest BCUT2D eigenvalue weighted by Gasteiger charge is 2.24. The number of nitrogens with one attached hydrogen (secondary N) is 1. The Morgan fingerprint density at radius 3 is 2.54 bits per heavy atom. The molecule has 0 aromatic carbocycles. The third-order valence-corrected chi connectivity index (χ3v) is 4.71. The number of carbonyl (C=O) groups is 1. The normalized spacial score (nSPS) is 18.7. The molecule has 146 valence electrons. The van der Waals surface area contributed by atoms with Gasteiger partial charge in [-0.15, -0.1) is 24.0 Å². The molecule has 26 heavy (non-hydrogen) atoms. The van der Waals surface area contributed by atoms with E-state index in [4.69, 9.17) is 4.52 Å². The molecule has 1 amide bonds. The van der Waals surface area contributed by atoms with Crippen LogP contribution in [0.15, 0.2) is 21.8 Å². The lowest BCUT2D eigenvalue weighted by atomic mass is 10.3. The van der Waals surface area contributed by atoms with Crippen LogP contribution in [0.25, 0.3) is 0 Å². The molecule has 1 aromatic rings. The molecule has 1 aromatic heterocycles. The number of hydrogen-bond donors (Lipinski definition) is 1. The third-order valence-electron chi connectivity index (χ3n) is 4.71. The van der Waals surface area contributed by atoms with Crippen molar-refractivity contribution in [2.75, 3.05) is 52.4 Å². The number of piperazine rings is 1. The third kappa shape index (κ3) is 5.83. The van der Waals surface area contributed by atoms with Crippen LogP contribution in [0.1, 0.15) is 25.5 Å². The Hall–Kier alpha value is -1.36. The Kier molecular flexibility index (Phi) is 8.63. The summed E-state index contributed by atoms with van der Waals surface area (Å²) in [5, 5.41) is 7.24. The molecule has 1 N–H and O–H groups in total. The van der Waals surface area contributed by atoms with Crippen molar-refractivity contribution in [3.63, 3.8) is 0 Å². The molecule has 0 radical (unpaired) electrons. The zero-order valence-corrected chi connectivity index (χ0v) is 17.7. The number of guanidine groups is 1. The molecule has 0 spiro atoms. The number of nitrogens with zero attached hydrogens (tertiary/aromatic N) is 5. The fraction of sp³-hybridized carbons (Fsp3) is 0.706. The second-order valence-electron chi connectivity index (χ2n) is 6.51. The molecule has 0 unspecified atom stereocenters. The number of carbonyl (C=O) groups excluding carboxylic acids is 1. The predicted molar refractivity (Wildman–Crippen MR) is 111 cm³/mol. The molecule has 2 fully saturated rings. The Morgan fingerprint density at radius 1 is 1.19 bits per heavy atom. The summed E-state index contributed by atoms with van der Waals surface area (Å²) in [6.07, 6.45) is 3.86. The fourth-order valence-electron chi connectivity index (χ4n) is 3.28. The molecule has 2 saturated heterocycles. The van der Waals surface area contributed by atoms with Crippen LogP contribution in [0.4, 0.5) is 0 Å². The van der Waals surface area contributed by atoms with Crippen molar-refractivity contribution >= 4 is 35.8 Å². The Morgan fingerprint density at radius 2 is 1.92 bits per heavy atom. The van der Waals surface area contributed by atoms with E-state index in [-0.39, 0.29) is 29.9 Å². The monoisotopic (exact) mass is 476 g/mol. The first-order chi connectivity index (χ1) is 12.3. The Labute approximate surface area is 172 Å². The zero-order valence-electron chi connectivity index (χ0n) is 15.4. The fourth-order valence-corrected chi connectivity index (χ4v) is 3.28. The molecule has 0 atom stereocenters. The number of amides is 1. The predicted octanol–water partition coefficient (Wildman–Crippen LogP) is 0.998. The maximum absolute atomic E-state index is 12.3. The van der Waals surface area contributed by atoms with E-state index in [9.17, 15) is 4.79 Å². The van der Waals surface area contributed by atoms with Crippen molar-refractivity contribution in [2.24, 2.45) is 4.99 Å². The van der Waals surface area contributed by atoms with Crippen LogP contribution >= 0.6 is 24.0 Å². The van der Waals surface area contributed by atoms with E-state index in [1.54, 1.807) is 6.26 Å². The molecule has 2 aliphatic rings. The Balaban J connectivity index is 0.00000243. The van der Waals surface area contributed by atoms with Crippen LogP contribution < -0.4 is 5.32 Å². The van der Waals surface area contributed by atoms with Gasteiger partial charge in [0, 0.05) is 51.9 Å². The van der Waals surface area contributed by atoms with E-state index in [0.717, 1.165) is 70.3 Å². The average molecular weight is 476 g/mol. The summed E-state index contributed by atoms with van der Waals surface area (Å²) in [7, 11) is 0. The van der Waals surface area contributed by atoms with Crippen molar-refractivity contribution in [1.82, 2.24) is 25.2 Å². The highest BCUT2D eigenvalue weighted by Crippen LogP contribution is 2.09. The van der Waals surface area contributed by atoms with Crippen LogP contribution in [-0.2, 0) is 11.3 Å². The first kappa shape index (κ1) is 20.9. The largest absolute Gasteiger partial charge is 0.364 e. The van der Waals surface area contributed by atoms with Gasteiger partial charge < -0.3 is 19.6 Å². The minimum absolute atomic E-state index is 0. The number of likely N-dealkylation sites (tertiary alicyclic amines) is 1. The lowest BCUT2D eigenvalue weighted by Gasteiger charge is -2.36. The van der Waals surface area contributed by atoms with Gasteiger partial charge in [0.25, 0.3) is 0 Å². The van der Waals surface area contributed by atoms with Gasteiger partial charge in [0.15, 0.2) is 5.96 Å². The average Bonchev–Trinajstić information content (AvgIpc) is 3.33. The maximum atomic E-state index is 12.3. The molecule has 0 saturated carbocycles. The lowest BCUT2D eigenvalue weighted by molar-refractivity contribution is -0.131. The summed E-state index contributed by atoms with van der Waals surface area (Å²) in [4.78, 5) is 23.4. The first-order valence-corrected chi connectivity index (χ1v) is 9.19. The lowest BCUT2D eigenvalue weighted by Crippen LogP contribution is -2.54. The van der Waals surface area contributed by atoms with E-state index in [0.29, 0.717) is 13.1 Å². The Bertz CT molecular complexity index is 566.